The molecule has 2 unspecified atom stereocenters. The minimum Gasteiger partial charge on any atom is -0.371 e. The number of fused-ring (bicyclic) bond motifs is 2. The number of aryl methyl sites for hydroxylation is 1. The lowest BCUT2D eigenvalue weighted by Crippen LogP contribution is -2.51. The molecule has 0 spiro atoms. The molecule has 0 aromatic heterocycles. The van der Waals surface area contributed by atoms with E-state index in [4.69, 9.17) is 11.6 Å². The van der Waals surface area contributed by atoms with Gasteiger partial charge in [-0.15, -0.1) is 0 Å². The molecule has 0 aliphatic carbocycles. The second-order valence-corrected chi connectivity index (χ2v) is 5.90. The van der Waals surface area contributed by atoms with Crippen molar-refractivity contribution in [3.05, 3.63) is 28.8 Å². The van der Waals surface area contributed by atoms with Crippen LogP contribution in [-0.2, 0) is 0 Å². The Labute approximate surface area is 108 Å². The molecular formula is C14H19ClN2. The van der Waals surface area contributed by atoms with Crippen LogP contribution in [0, 0.1) is 18.8 Å². The predicted molar refractivity (Wildman–Crippen MR) is 72.9 cm³/mol. The highest BCUT2D eigenvalue weighted by atomic mass is 35.5. The van der Waals surface area contributed by atoms with E-state index in [-0.39, 0.29) is 0 Å². The molecule has 3 heteroatoms. The van der Waals surface area contributed by atoms with Crippen molar-refractivity contribution in [3.8, 4) is 0 Å². The first-order valence-corrected chi connectivity index (χ1v) is 6.82. The Morgan fingerprint density at radius 1 is 1.24 bits per heavy atom. The van der Waals surface area contributed by atoms with E-state index >= 15 is 0 Å². The third-order valence-corrected chi connectivity index (χ3v) is 4.24. The number of halogens is 1. The maximum absolute atomic E-state index is 6.12. The van der Waals surface area contributed by atoms with Crippen LogP contribution < -0.4 is 10.2 Å². The van der Waals surface area contributed by atoms with Crippen molar-refractivity contribution < 1.29 is 0 Å². The number of benzene rings is 1. The van der Waals surface area contributed by atoms with Gasteiger partial charge in [-0.1, -0.05) is 17.7 Å². The molecule has 0 amide bonds. The number of nitrogens with one attached hydrogen (secondary N) is 1. The van der Waals surface area contributed by atoms with Gasteiger partial charge in [0.1, 0.15) is 0 Å². The van der Waals surface area contributed by atoms with Crippen molar-refractivity contribution in [2.45, 2.75) is 13.3 Å². The van der Waals surface area contributed by atoms with E-state index in [1.165, 1.54) is 43.9 Å². The first-order chi connectivity index (χ1) is 8.22. The Morgan fingerprint density at radius 3 is 2.65 bits per heavy atom. The predicted octanol–water partition coefficient (Wildman–Crippen LogP) is 2.69. The highest BCUT2D eigenvalue weighted by Crippen LogP contribution is 2.31. The molecule has 0 saturated carbocycles. The van der Waals surface area contributed by atoms with Crippen molar-refractivity contribution in [1.29, 1.82) is 0 Å². The standard InChI is InChI=1S/C14H19ClN2/c1-10-2-3-13(15)5-14(10)17-8-11-4-12(9-17)7-16-6-11/h2-3,5,11-12,16H,4,6-9H2,1H3. The summed E-state index contributed by atoms with van der Waals surface area (Å²) in [6.07, 6.45) is 1.39. The lowest BCUT2D eigenvalue weighted by molar-refractivity contribution is 0.249. The maximum atomic E-state index is 6.12. The van der Waals surface area contributed by atoms with Crippen LogP contribution in [0.5, 0.6) is 0 Å². The molecule has 1 aromatic carbocycles. The van der Waals surface area contributed by atoms with Crippen molar-refractivity contribution in [3.63, 3.8) is 0 Å². The molecule has 2 fully saturated rings. The molecule has 2 atom stereocenters. The van der Waals surface area contributed by atoms with Crippen LogP contribution >= 0.6 is 11.6 Å². The van der Waals surface area contributed by atoms with Gasteiger partial charge in [0.25, 0.3) is 0 Å². The zero-order chi connectivity index (χ0) is 11.8. The van der Waals surface area contributed by atoms with Gasteiger partial charge in [0.05, 0.1) is 0 Å². The van der Waals surface area contributed by atoms with Gasteiger partial charge in [0.15, 0.2) is 0 Å². The minimum atomic E-state index is 0.806. The van der Waals surface area contributed by atoms with Gasteiger partial charge in [-0.25, -0.2) is 0 Å². The molecule has 3 rings (SSSR count). The largest absolute Gasteiger partial charge is 0.371 e. The molecule has 2 aliphatic rings. The zero-order valence-electron chi connectivity index (χ0n) is 10.2. The van der Waals surface area contributed by atoms with Crippen LogP contribution in [0.1, 0.15) is 12.0 Å². The summed E-state index contributed by atoms with van der Waals surface area (Å²) in [4.78, 5) is 2.53. The maximum Gasteiger partial charge on any atom is 0.0426 e. The average Bonchev–Trinajstić information content (AvgIpc) is 2.32. The van der Waals surface area contributed by atoms with E-state index in [1.807, 2.05) is 6.07 Å². The highest BCUT2D eigenvalue weighted by molar-refractivity contribution is 6.30. The number of hydrogen-bond donors (Lipinski definition) is 1. The van der Waals surface area contributed by atoms with Crippen molar-refractivity contribution in [2.24, 2.45) is 11.8 Å². The van der Waals surface area contributed by atoms with E-state index in [1.54, 1.807) is 0 Å². The van der Waals surface area contributed by atoms with Gasteiger partial charge < -0.3 is 10.2 Å². The van der Waals surface area contributed by atoms with Crippen LogP contribution in [0.15, 0.2) is 18.2 Å². The van der Waals surface area contributed by atoms with Crippen LogP contribution in [0.4, 0.5) is 5.69 Å². The summed E-state index contributed by atoms with van der Waals surface area (Å²) in [6.45, 7) is 6.86. The Bertz CT molecular complexity index is 407. The number of hydrogen-bond acceptors (Lipinski definition) is 2. The van der Waals surface area contributed by atoms with Crippen molar-refractivity contribution >= 4 is 17.3 Å². The molecule has 1 aromatic rings. The van der Waals surface area contributed by atoms with Gasteiger partial charge in [0, 0.05) is 23.8 Å². The molecule has 2 bridgehead atoms. The minimum absolute atomic E-state index is 0.806. The summed E-state index contributed by atoms with van der Waals surface area (Å²) in [5.74, 6) is 1.61. The lowest BCUT2D eigenvalue weighted by atomic mass is 9.85. The van der Waals surface area contributed by atoms with E-state index in [9.17, 15) is 0 Å². The van der Waals surface area contributed by atoms with Crippen LogP contribution in [0.25, 0.3) is 0 Å². The summed E-state index contributed by atoms with van der Waals surface area (Å²) in [6, 6.07) is 6.22. The fourth-order valence-corrected chi connectivity index (χ4v) is 3.39. The number of piperidine rings is 2. The van der Waals surface area contributed by atoms with Crippen LogP contribution in [0.2, 0.25) is 5.02 Å². The van der Waals surface area contributed by atoms with Crippen molar-refractivity contribution in [2.75, 3.05) is 31.1 Å². The first-order valence-electron chi connectivity index (χ1n) is 6.44. The Hall–Kier alpha value is -0.730. The van der Waals surface area contributed by atoms with E-state index < -0.39 is 0 Å². The summed E-state index contributed by atoms with van der Waals surface area (Å²) in [5.41, 5.74) is 2.66. The Balaban J connectivity index is 1.86. The highest BCUT2D eigenvalue weighted by Gasteiger charge is 2.30. The van der Waals surface area contributed by atoms with Gasteiger partial charge in [-0.2, -0.15) is 0 Å². The molecule has 92 valence electrons. The van der Waals surface area contributed by atoms with E-state index in [0.29, 0.717) is 0 Å². The van der Waals surface area contributed by atoms with Crippen LogP contribution in [0.3, 0.4) is 0 Å². The average molecular weight is 251 g/mol. The Kier molecular flexibility index (Phi) is 3.01. The topological polar surface area (TPSA) is 15.3 Å². The molecule has 0 radical (unpaired) electrons. The van der Waals surface area contributed by atoms with Gasteiger partial charge in [-0.3, -0.25) is 0 Å². The summed E-state index contributed by atoms with van der Waals surface area (Å²) < 4.78 is 0. The van der Waals surface area contributed by atoms with Gasteiger partial charge >= 0.3 is 0 Å². The molecular weight excluding hydrogens is 232 g/mol. The first kappa shape index (κ1) is 11.4. The smallest absolute Gasteiger partial charge is 0.0426 e. The second kappa shape index (κ2) is 4.51. The molecule has 1 N–H and O–H groups in total. The SMILES string of the molecule is Cc1ccc(Cl)cc1N1CC2CNCC(C2)C1. The Morgan fingerprint density at radius 2 is 1.94 bits per heavy atom. The fraction of sp³-hybridized carbons (Fsp3) is 0.571. The fourth-order valence-electron chi connectivity index (χ4n) is 3.23. The zero-order valence-corrected chi connectivity index (χ0v) is 11.0. The van der Waals surface area contributed by atoms with Crippen LogP contribution in [-0.4, -0.2) is 26.2 Å². The second-order valence-electron chi connectivity index (χ2n) is 5.46. The lowest BCUT2D eigenvalue weighted by Gasteiger charge is -2.43. The summed E-state index contributed by atoms with van der Waals surface area (Å²) in [7, 11) is 0. The monoisotopic (exact) mass is 250 g/mol. The molecule has 2 heterocycles. The number of anilines is 1. The quantitative estimate of drug-likeness (QED) is 0.825. The van der Waals surface area contributed by atoms with Gasteiger partial charge in [0.2, 0.25) is 0 Å². The molecule has 2 nitrogen and oxygen atoms in total. The molecule has 2 saturated heterocycles. The number of nitrogens with zero attached hydrogens (tertiary/aromatic N) is 1. The summed E-state index contributed by atoms with van der Waals surface area (Å²) in [5, 5.41) is 4.38. The number of rotatable bonds is 1. The normalized spacial score (nSPS) is 28.2. The third-order valence-electron chi connectivity index (χ3n) is 4.00. The van der Waals surface area contributed by atoms with E-state index in [2.05, 4.69) is 29.3 Å². The van der Waals surface area contributed by atoms with Gasteiger partial charge in [-0.05, 0) is 56.0 Å². The molecule has 2 aliphatic heterocycles. The van der Waals surface area contributed by atoms with Crippen molar-refractivity contribution in [1.82, 2.24) is 5.32 Å². The van der Waals surface area contributed by atoms with E-state index in [0.717, 1.165) is 16.9 Å². The summed E-state index contributed by atoms with van der Waals surface area (Å²) >= 11 is 6.12. The third kappa shape index (κ3) is 2.29. The molecule has 17 heavy (non-hydrogen) atoms.